The largest absolute Gasteiger partial charge is 0.480 e. The van der Waals surface area contributed by atoms with E-state index in [0.29, 0.717) is 5.92 Å². The molecule has 1 heterocycles. The van der Waals surface area contributed by atoms with Crippen molar-refractivity contribution >= 4 is 21.9 Å². The highest BCUT2D eigenvalue weighted by atomic mass is 79.9. The van der Waals surface area contributed by atoms with Crippen LogP contribution in [0.25, 0.3) is 0 Å². The van der Waals surface area contributed by atoms with E-state index >= 15 is 0 Å². The number of carboxylic acid groups (broad SMARTS) is 1. The maximum Gasteiger partial charge on any atom is 0.320 e. The van der Waals surface area contributed by atoms with Crippen LogP contribution in [0.3, 0.4) is 0 Å². The summed E-state index contributed by atoms with van der Waals surface area (Å²) < 4.78 is 1.09. The molecule has 1 fully saturated rings. The minimum absolute atomic E-state index is 0.351. The van der Waals surface area contributed by atoms with Crippen LogP contribution in [0.4, 0.5) is 0 Å². The molecule has 2 rings (SSSR count). The van der Waals surface area contributed by atoms with Gasteiger partial charge in [0.25, 0.3) is 0 Å². The molecule has 1 aromatic carbocycles. The van der Waals surface area contributed by atoms with Gasteiger partial charge in [-0.25, -0.2) is 0 Å². The average Bonchev–Trinajstić information content (AvgIpc) is 2.33. The summed E-state index contributed by atoms with van der Waals surface area (Å²) in [6.07, 6.45) is 2.74. The lowest BCUT2D eigenvalue weighted by Gasteiger charge is -2.27. The van der Waals surface area contributed by atoms with Gasteiger partial charge in [0.05, 0.1) is 0 Å². The third-order valence-electron chi connectivity index (χ3n) is 3.25. The summed E-state index contributed by atoms with van der Waals surface area (Å²) in [7, 11) is 0. The van der Waals surface area contributed by atoms with Crippen LogP contribution in [0, 0.1) is 5.92 Å². The molecule has 17 heavy (non-hydrogen) atoms. The number of nitrogens with one attached hydrogen (secondary N) is 1. The number of hydrogen-bond acceptors (Lipinski definition) is 2. The molecule has 0 spiro atoms. The van der Waals surface area contributed by atoms with Crippen molar-refractivity contribution in [1.82, 2.24) is 5.32 Å². The molecule has 2 N–H and O–H groups in total. The number of carboxylic acids is 1. The van der Waals surface area contributed by atoms with Gasteiger partial charge in [-0.3, -0.25) is 4.79 Å². The molecule has 1 unspecified atom stereocenters. The zero-order valence-corrected chi connectivity index (χ0v) is 11.1. The second kappa shape index (κ2) is 5.65. The minimum atomic E-state index is -0.730. The van der Waals surface area contributed by atoms with E-state index in [4.69, 9.17) is 5.11 Å². The Morgan fingerprint density at radius 2 is 2.06 bits per heavy atom. The van der Waals surface area contributed by atoms with Crippen LogP contribution in [-0.4, -0.2) is 23.7 Å². The minimum Gasteiger partial charge on any atom is -0.480 e. The van der Waals surface area contributed by atoms with Gasteiger partial charge in [0.2, 0.25) is 0 Å². The molecule has 0 saturated carbocycles. The summed E-state index contributed by atoms with van der Waals surface area (Å²) in [5, 5.41) is 12.0. The summed E-state index contributed by atoms with van der Waals surface area (Å²) in [6.45, 7) is 0.799. The molecule has 0 radical (unpaired) electrons. The molecule has 1 aliphatic heterocycles. The lowest BCUT2D eigenvalue weighted by atomic mass is 9.89. The SMILES string of the molecule is O=C(O)C1CC[C@@H](Cc2ccc(Br)cc2)CN1. The number of carbonyl (C=O) groups is 1. The van der Waals surface area contributed by atoms with Crippen molar-refractivity contribution in [3.63, 3.8) is 0 Å². The predicted octanol–water partition coefficient (Wildman–Crippen LogP) is 2.44. The Morgan fingerprint density at radius 3 is 2.59 bits per heavy atom. The van der Waals surface area contributed by atoms with E-state index in [1.165, 1.54) is 5.56 Å². The topological polar surface area (TPSA) is 49.3 Å². The zero-order chi connectivity index (χ0) is 12.3. The number of halogens is 1. The number of hydrogen-bond donors (Lipinski definition) is 2. The first-order chi connectivity index (χ1) is 8.15. The van der Waals surface area contributed by atoms with Gasteiger partial charge in [0, 0.05) is 4.47 Å². The Labute approximate surface area is 109 Å². The van der Waals surface area contributed by atoms with E-state index in [2.05, 4.69) is 33.4 Å². The van der Waals surface area contributed by atoms with E-state index in [1.807, 2.05) is 12.1 Å². The Balaban J connectivity index is 1.85. The second-order valence-electron chi connectivity index (χ2n) is 4.57. The van der Waals surface area contributed by atoms with E-state index < -0.39 is 5.97 Å². The molecule has 1 aromatic rings. The molecule has 1 aliphatic rings. The Hall–Kier alpha value is -0.870. The lowest BCUT2D eigenvalue weighted by Crippen LogP contribution is -2.44. The third-order valence-corrected chi connectivity index (χ3v) is 3.78. The standard InChI is InChI=1S/C13H16BrNO2/c14-11-4-1-9(2-5-11)7-10-3-6-12(13(16)17)15-8-10/h1-2,4-5,10,12,15H,3,6-8H2,(H,16,17)/t10-,12?/m0/s1. The zero-order valence-electron chi connectivity index (χ0n) is 9.53. The molecule has 0 bridgehead atoms. The summed E-state index contributed by atoms with van der Waals surface area (Å²) in [6, 6.07) is 7.98. The van der Waals surface area contributed by atoms with Crippen LogP contribution < -0.4 is 5.32 Å². The molecular weight excluding hydrogens is 282 g/mol. The molecular formula is C13H16BrNO2. The van der Waals surface area contributed by atoms with Gasteiger partial charge in [0.15, 0.2) is 0 Å². The van der Waals surface area contributed by atoms with Crippen LogP contribution >= 0.6 is 15.9 Å². The third kappa shape index (κ3) is 3.54. The fourth-order valence-electron chi connectivity index (χ4n) is 2.25. The molecule has 0 amide bonds. The van der Waals surface area contributed by atoms with Crippen molar-refractivity contribution in [2.75, 3.05) is 6.54 Å². The molecule has 4 heteroatoms. The Kier molecular flexibility index (Phi) is 4.18. The van der Waals surface area contributed by atoms with E-state index in [1.54, 1.807) is 0 Å². The van der Waals surface area contributed by atoms with Crippen molar-refractivity contribution in [2.45, 2.75) is 25.3 Å². The number of rotatable bonds is 3. The van der Waals surface area contributed by atoms with Gasteiger partial charge in [-0.15, -0.1) is 0 Å². The van der Waals surface area contributed by atoms with Crippen LogP contribution in [0.2, 0.25) is 0 Å². The number of benzene rings is 1. The molecule has 2 atom stereocenters. The van der Waals surface area contributed by atoms with E-state index in [-0.39, 0.29) is 6.04 Å². The van der Waals surface area contributed by atoms with Gasteiger partial charge < -0.3 is 10.4 Å². The summed E-state index contributed by atoms with van der Waals surface area (Å²) in [4.78, 5) is 10.8. The van der Waals surface area contributed by atoms with E-state index in [9.17, 15) is 4.79 Å². The van der Waals surface area contributed by atoms with Gasteiger partial charge >= 0.3 is 5.97 Å². The molecule has 1 saturated heterocycles. The highest BCUT2D eigenvalue weighted by molar-refractivity contribution is 9.10. The Bertz CT molecular complexity index is 383. The van der Waals surface area contributed by atoms with Gasteiger partial charge in [-0.05, 0) is 49.4 Å². The van der Waals surface area contributed by atoms with Crippen LogP contribution in [0.15, 0.2) is 28.7 Å². The van der Waals surface area contributed by atoms with Gasteiger partial charge in [-0.2, -0.15) is 0 Å². The molecule has 0 aliphatic carbocycles. The first-order valence-electron chi connectivity index (χ1n) is 5.86. The van der Waals surface area contributed by atoms with Gasteiger partial charge in [0.1, 0.15) is 6.04 Å². The summed E-state index contributed by atoms with van der Waals surface area (Å²) in [5.74, 6) is -0.182. The summed E-state index contributed by atoms with van der Waals surface area (Å²) in [5.41, 5.74) is 1.31. The van der Waals surface area contributed by atoms with Crippen LogP contribution in [-0.2, 0) is 11.2 Å². The number of piperidine rings is 1. The molecule has 3 nitrogen and oxygen atoms in total. The van der Waals surface area contributed by atoms with Crippen molar-refractivity contribution in [3.8, 4) is 0 Å². The second-order valence-corrected chi connectivity index (χ2v) is 5.49. The molecule has 92 valence electrons. The smallest absolute Gasteiger partial charge is 0.320 e. The van der Waals surface area contributed by atoms with Crippen LogP contribution in [0.5, 0.6) is 0 Å². The maximum absolute atomic E-state index is 10.8. The molecule has 0 aromatic heterocycles. The van der Waals surface area contributed by atoms with Crippen LogP contribution in [0.1, 0.15) is 18.4 Å². The number of aliphatic carboxylic acids is 1. The highest BCUT2D eigenvalue weighted by Gasteiger charge is 2.25. The monoisotopic (exact) mass is 297 g/mol. The lowest BCUT2D eigenvalue weighted by molar-refractivity contribution is -0.140. The van der Waals surface area contributed by atoms with Gasteiger partial charge in [-0.1, -0.05) is 28.1 Å². The van der Waals surface area contributed by atoms with Crippen molar-refractivity contribution < 1.29 is 9.90 Å². The first-order valence-corrected chi connectivity index (χ1v) is 6.65. The summed E-state index contributed by atoms with van der Waals surface area (Å²) >= 11 is 3.42. The maximum atomic E-state index is 10.8. The average molecular weight is 298 g/mol. The fraction of sp³-hybridized carbons (Fsp3) is 0.462. The van der Waals surface area contributed by atoms with Crippen molar-refractivity contribution in [2.24, 2.45) is 5.92 Å². The van der Waals surface area contributed by atoms with E-state index in [0.717, 1.165) is 30.3 Å². The van der Waals surface area contributed by atoms with Crippen molar-refractivity contribution in [3.05, 3.63) is 34.3 Å². The quantitative estimate of drug-likeness (QED) is 0.901. The predicted molar refractivity (Wildman–Crippen MR) is 70.0 cm³/mol. The Morgan fingerprint density at radius 1 is 1.35 bits per heavy atom. The van der Waals surface area contributed by atoms with Crippen molar-refractivity contribution in [1.29, 1.82) is 0 Å². The fourth-order valence-corrected chi connectivity index (χ4v) is 2.52. The normalized spacial score (nSPS) is 24.5. The highest BCUT2D eigenvalue weighted by Crippen LogP contribution is 2.20. The first kappa shape index (κ1) is 12.6.